The molecule has 1 saturated carbocycles. The highest BCUT2D eigenvalue weighted by Gasteiger charge is 2.27. The van der Waals surface area contributed by atoms with Gasteiger partial charge in [0.1, 0.15) is 10.6 Å². The molecule has 1 heterocycles. The number of sulfonamides is 1. The zero-order valence-electron chi connectivity index (χ0n) is 18.5. The van der Waals surface area contributed by atoms with E-state index >= 15 is 0 Å². The van der Waals surface area contributed by atoms with Crippen LogP contribution < -0.4 is 10.1 Å². The number of H-pyrrole nitrogens is 1. The van der Waals surface area contributed by atoms with Crippen LogP contribution in [-0.4, -0.2) is 49.0 Å². The second-order valence-corrected chi connectivity index (χ2v) is 9.80. The molecule has 2 aromatic rings. The lowest BCUT2D eigenvalue weighted by atomic mass is 9.86. The molecule has 1 aliphatic rings. The lowest BCUT2D eigenvalue weighted by Crippen LogP contribution is -2.31. The van der Waals surface area contributed by atoms with Gasteiger partial charge in [-0.05, 0) is 30.5 Å². The predicted molar refractivity (Wildman–Crippen MR) is 120 cm³/mol. The molecule has 9 heteroatoms. The third kappa shape index (κ3) is 5.46. The maximum absolute atomic E-state index is 13.0. The third-order valence-corrected chi connectivity index (χ3v) is 7.93. The number of hydrogen-bond acceptors (Lipinski definition) is 5. The van der Waals surface area contributed by atoms with Gasteiger partial charge in [-0.15, -0.1) is 0 Å². The van der Waals surface area contributed by atoms with E-state index in [0.29, 0.717) is 24.8 Å². The van der Waals surface area contributed by atoms with Crippen molar-refractivity contribution >= 4 is 21.7 Å². The second kappa shape index (κ2) is 10.3. The number of carbonyl (C=O) groups is 1. The molecule has 1 aromatic carbocycles. The number of rotatable bonds is 9. The summed E-state index contributed by atoms with van der Waals surface area (Å²) in [5.41, 5.74) is 1.23. The highest BCUT2D eigenvalue weighted by atomic mass is 32.2. The lowest BCUT2D eigenvalue weighted by molar-refractivity contribution is 0.102. The molecule has 1 amide bonds. The lowest BCUT2D eigenvalue weighted by Gasteiger charge is -2.20. The summed E-state index contributed by atoms with van der Waals surface area (Å²) in [7, 11) is -2.37. The van der Waals surface area contributed by atoms with Crippen LogP contribution in [0, 0.1) is 5.92 Å². The number of methoxy groups -OCH3 is 1. The molecular weight excluding hydrogens is 416 g/mol. The summed E-state index contributed by atoms with van der Waals surface area (Å²) in [6.45, 7) is 4.20. The second-order valence-electron chi connectivity index (χ2n) is 7.90. The molecule has 3 rings (SSSR count). The molecule has 170 valence electrons. The molecule has 8 nitrogen and oxygen atoms in total. The summed E-state index contributed by atoms with van der Waals surface area (Å²) in [6, 6.07) is 6.26. The van der Waals surface area contributed by atoms with E-state index < -0.39 is 15.9 Å². The first-order valence-corrected chi connectivity index (χ1v) is 12.4. The average molecular weight is 449 g/mol. The van der Waals surface area contributed by atoms with Crippen LogP contribution in [0.4, 0.5) is 5.82 Å². The molecular formula is C22H32N4O4S. The standard InChI is InChI=1S/C22H32N4O4S/c1-4-26(5-2)31(28,29)20-14-17(11-12-19(20)30-3)22(27)23-21-15-18(24-25-21)13-16-9-7-6-8-10-16/h11-12,14-16H,4-10,13H2,1-3H3,(H2,23,24,25,27). The van der Waals surface area contributed by atoms with Gasteiger partial charge in [0.25, 0.3) is 5.91 Å². The number of amides is 1. The van der Waals surface area contributed by atoms with E-state index in [2.05, 4.69) is 15.5 Å². The molecule has 0 atom stereocenters. The van der Waals surface area contributed by atoms with Crippen LogP contribution >= 0.6 is 0 Å². The molecule has 0 bridgehead atoms. The molecule has 0 spiro atoms. The van der Waals surface area contributed by atoms with Gasteiger partial charge in [0.05, 0.1) is 7.11 Å². The molecule has 1 aromatic heterocycles. The molecule has 2 N–H and O–H groups in total. The van der Waals surface area contributed by atoms with Crippen LogP contribution in [0.3, 0.4) is 0 Å². The van der Waals surface area contributed by atoms with Gasteiger partial charge >= 0.3 is 0 Å². The Hall–Kier alpha value is -2.39. The summed E-state index contributed by atoms with van der Waals surface area (Å²) >= 11 is 0. The van der Waals surface area contributed by atoms with Crippen molar-refractivity contribution in [2.75, 3.05) is 25.5 Å². The van der Waals surface area contributed by atoms with Crippen molar-refractivity contribution in [3.05, 3.63) is 35.5 Å². The van der Waals surface area contributed by atoms with Crippen LogP contribution in [-0.2, 0) is 16.4 Å². The molecule has 0 unspecified atom stereocenters. The van der Waals surface area contributed by atoms with Crippen LogP contribution in [0.25, 0.3) is 0 Å². The fraction of sp³-hybridized carbons (Fsp3) is 0.545. The first-order chi connectivity index (χ1) is 14.9. The van der Waals surface area contributed by atoms with Crippen molar-refractivity contribution in [2.24, 2.45) is 5.92 Å². The van der Waals surface area contributed by atoms with Crippen molar-refractivity contribution in [1.29, 1.82) is 0 Å². The highest BCUT2D eigenvalue weighted by molar-refractivity contribution is 7.89. The fourth-order valence-corrected chi connectivity index (χ4v) is 5.78. The number of nitrogens with one attached hydrogen (secondary N) is 2. The summed E-state index contributed by atoms with van der Waals surface area (Å²) in [6.07, 6.45) is 7.26. The van der Waals surface area contributed by atoms with E-state index in [1.165, 1.54) is 55.7 Å². The fourth-order valence-electron chi connectivity index (χ4n) is 4.14. The summed E-state index contributed by atoms with van der Waals surface area (Å²) in [5, 5.41) is 9.96. The van der Waals surface area contributed by atoms with Gasteiger partial charge in [0, 0.05) is 30.4 Å². The summed E-state index contributed by atoms with van der Waals surface area (Å²) < 4.78 is 32.6. The third-order valence-electron chi connectivity index (χ3n) is 5.85. The van der Waals surface area contributed by atoms with Crippen molar-refractivity contribution in [3.63, 3.8) is 0 Å². The number of aromatic amines is 1. The van der Waals surface area contributed by atoms with Crippen molar-refractivity contribution in [1.82, 2.24) is 14.5 Å². The zero-order valence-corrected chi connectivity index (χ0v) is 19.3. The molecule has 1 aliphatic carbocycles. The number of aromatic nitrogens is 2. The van der Waals surface area contributed by atoms with Gasteiger partial charge in [-0.3, -0.25) is 9.89 Å². The maximum Gasteiger partial charge on any atom is 0.256 e. The maximum atomic E-state index is 13.0. The van der Waals surface area contributed by atoms with E-state index in [1.54, 1.807) is 19.9 Å². The van der Waals surface area contributed by atoms with Crippen molar-refractivity contribution in [2.45, 2.75) is 57.3 Å². The largest absolute Gasteiger partial charge is 0.495 e. The Morgan fingerprint density at radius 2 is 1.90 bits per heavy atom. The summed E-state index contributed by atoms with van der Waals surface area (Å²) in [5.74, 6) is 0.874. The Kier molecular flexibility index (Phi) is 7.72. The first-order valence-electron chi connectivity index (χ1n) is 10.9. The van der Waals surface area contributed by atoms with Crippen LogP contribution in [0.15, 0.2) is 29.2 Å². The number of nitrogens with zero attached hydrogens (tertiary/aromatic N) is 2. The summed E-state index contributed by atoms with van der Waals surface area (Å²) in [4.78, 5) is 12.8. The van der Waals surface area contributed by atoms with Crippen molar-refractivity contribution in [3.8, 4) is 5.75 Å². The Morgan fingerprint density at radius 1 is 1.19 bits per heavy atom. The number of hydrogen-bond donors (Lipinski definition) is 2. The number of benzene rings is 1. The quantitative estimate of drug-likeness (QED) is 0.607. The van der Waals surface area contributed by atoms with Gasteiger partial charge in [-0.25, -0.2) is 8.42 Å². The van der Waals surface area contributed by atoms with Gasteiger partial charge in [0.2, 0.25) is 10.0 Å². The number of ether oxygens (including phenoxy) is 1. The van der Waals surface area contributed by atoms with Gasteiger partial charge in [-0.2, -0.15) is 9.40 Å². The van der Waals surface area contributed by atoms with E-state index in [4.69, 9.17) is 4.74 Å². The number of carbonyl (C=O) groups excluding carboxylic acids is 1. The van der Waals surface area contributed by atoms with Crippen molar-refractivity contribution < 1.29 is 17.9 Å². The smallest absolute Gasteiger partial charge is 0.256 e. The van der Waals surface area contributed by atoms with Crippen LogP contribution in [0.1, 0.15) is 62.0 Å². The van der Waals surface area contributed by atoms with Gasteiger partial charge < -0.3 is 10.1 Å². The number of anilines is 1. The minimum atomic E-state index is -3.78. The molecule has 1 fully saturated rings. The van der Waals surface area contributed by atoms with E-state index in [1.807, 2.05) is 6.07 Å². The van der Waals surface area contributed by atoms with Gasteiger partial charge in [-0.1, -0.05) is 46.0 Å². The van der Waals surface area contributed by atoms with Gasteiger partial charge in [0.15, 0.2) is 5.82 Å². The van der Waals surface area contributed by atoms with Crippen LogP contribution in [0.2, 0.25) is 0 Å². The molecule has 0 radical (unpaired) electrons. The Labute approximate surface area is 184 Å². The minimum Gasteiger partial charge on any atom is -0.495 e. The van der Waals surface area contributed by atoms with E-state index in [-0.39, 0.29) is 16.2 Å². The van der Waals surface area contributed by atoms with Crippen LogP contribution in [0.5, 0.6) is 5.75 Å². The predicted octanol–water partition coefficient (Wildman–Crippen LogP) is 3.82. The first kappa shape index (κ1) is 23.3. The average Bonchev–Trinajstić information content (AvgIpc) is 3.21. The molecule has 0 aliphatic heterocycles. The van der Waals surface area contributed by atoms with E-state index in [0.717, 1.165) is 12.1 Å². The van der Waals surface area contributed by atoms with E-state index in [9.17, 15) is 13.2 Å². The molecule has 31 heavy (non-hydrogen) atoms. The normalized spacial score (nSPS) is 15.2. The Balaban J connectivity index is 1.76. The Bertz CT molecular complexity index is 993. The molecule has 0 saturated heterocycles. The monoisotopic (exact) mass is 448 g/mol. The minimum absolute atomic E-state index is 0.0219. The SMILES string of the molecule is CCN(CC)S(=O)(=O)c1cc(C(=O)Nc2cc(CC3CCCCC3)[nH]n2)ccc1OC. The Morgan fingerprint density at radius 3 is 2.55 bits per heavy atom. The highest BCUT2D eigenvalue weighted by Crippen LogP contribution is 2.29. The zero-order chi connectivity index (χ0) is 22.4. The topological polar surface area (TPSA) is 104 Å².